The van der Waals surface area contributed by atoms with Gasteiger partial charge in [-0.2, -0.15) is 0 Å². The lowest BCUT2D eigenvalue weighted by Crippen LogP contribution is -2.30. The van der Waals surface area contributed by atoms with Crippen LogP contribution in [0.1, 0.15) is 29.2 Å². The normalized spacial score (nSPS) is 11.2. The second kappa shape index (κ2) is 8.40. The molecule has 2 aromatic carbocycles. The van der Waals surface area contributed by atoms with E-state index in [2.05, 4.69) is 12.2 Å². The molecule has 0 radical (unpaired) electrons. The Morgan fingerprint density at radius 2 is 1.82 bits per heavy atom. The van der Waals surface area contributed by atoms with Gasteiger partial charge in [0.05, 0.1) is 6.54 Å². The fourth-order valence-corrected chi connectivity index (χ4v) is 3.41. The Labute approximate surface area is 165 Å². The molecule has 0 fully saturated rings. The van der Waals surface area contributed by atoms with E-state index in [0.717, 1.165) is 39.7 Å². The summed E-state index contributed by atoms with van der Waals surface area (Å²) in [6, 6.07) is 13.4. The molecule has 5 heteroatoms. The summed E-state index contributed by atoms with van der Waals surface area (Å²) in [5, 5.41) is 3.90. The maximum Gasteiger partial charge on any atom is 0.336 e. The van der Waals surface area contributed by atoms with Gasteiger partial charge in [0.25, 0.3) is 0 Å². The highest BCUT2D eigenvalue weighted by molar-refractivity contribution is 5.93. The Hall–Kier alpha value is -2.92. The molecule has 1 N–H and O–H groups in total. The van der Waals surface area contributed by atoms with Crippen LogP contribution in [0.25, 0.3) is 11.0 Å². The van der Waals surface area contributed by atoms with Gasteiger partial charge >= 0.3 is 5.63 Å². The molecule has 0 unspecified atom stereocenters. The molecule has 146 valence electrons. The minimum atomic E-state index is -0.371. The monoisotopic (exact) mass is 378 g/mol. The Morgan fingerprint density at radius 1 is 1.11 bits per heavy atom. The van der Waals surface area contributed by atoms with E-state index < -0.39 is 0 Å². The zero-order valence-corrected chi connectivity index (χ0v) is 16.8. The van der Waals surface area contributed by atoms with E-state index in [0.29, 0.717) is 12.1 Å². The maximum atomic E-state index is 12.5. The van der Waals surface area contributed by atoms with Crippen LogP contribution in [-0.2, 0) is 17.8 Å². The molecule has 0 saturated heterocycles. The summed E-state index contributed by atoms with van der Waals surface area (Å²) in [7, 11) is 1.87. The van der Waals surface area contributed by atoms with Crippen LogP contribution in [0.5, 0.6) is 0 Å². The standard InChI is InChI=1S/C23H26N2O3/c1-5-17-9-10-19-18(12-22(27)28-20(19)11-17)13-25(4)14-21(26)24-23-15(2)7-6-8-16(23)3/h6-12H,5,13-14H2,1-4H3,(H,24,26). The number of carbonyl (C=O) groups excluding carboxylic acids is 1. The number of fused-ring (bicyclic) bond motifs is 1. The van der Waals surface area contributed by atoms with Gasteiger partial charge in [0, 0.05) is 23.7 Å². The number of hydrogen-bond acceptors (Lipinski definition) is 4. The van der Waals surface area contributed by atoms with Crippen molar-refractivity contribution in [2.24, 2.45) is 0 Å². The summed E-state index contributed by atoms with van der Waals surface area (Å²) in [6.45, 7) is 6.72. The van der Waals surface area contributed by atoms with Crippen LogP contribution in [0, 0.1) is 13.8 Å². The molecule has 1 aromatic heterocycles. The van der Waals surface area contributed by atoms with Gasteiger partial charge in [-0.3, -0.25) is 9.69 Å². The number of amides is 1. The number of anilines is 1. The molecule has 3 aromatic rings. The minimum Gasteiger partial charge on any atom is -0.423 e. The van der Waals surface area contributed by atoms with Crippen molar-refractivity contribution in [3.63, 3.8) is 0 Å². The van der Waals surface area contributed by atoms with Crippen LogP contribution in [0.4, 0.5) is 5.69 Å². The van der Waals surface area contributed by atoms with Crippen LogP contribution in [0.15, 0.2) is 51.7 Å². The zero-order chi connectivity index (χ0) is 20.3. The summed E-state index contributed by atoms with van der Waals surface area (Å²) in [6.07, 6.45) is 0.877. The van der Waals surface area contributed by atoms with E-state index in [9.17, 15) is 9.59 Å². The first kappa shape index (κ1) is 19.8. The lowest BCUT2D eigenvalue weighted by molar-refractivity contribution is -0.117. The number of nitrogens with one attached hydrogen (secondary N) is 1. The second-order valence-electron chi connectivity index (χ2n) is 7.26. The van der Waals surface area contributed by atoms with Gasteiger partial charge in [-0.1, -0.05) is 37.3 Å². The van der Waals surface area contributed by atoms with Gasteiger partial charge in [-0.05, 0) is 55.6 Å². The maximum absolute atomic E-state index is 12.5. The number of para-hydroxylation sites is 1. The number of likely N-dealkylation sites (N-methyl/N-ethyl adjacent to an activating group) is 1. The van der Waals surface area contributed by atoms with Gasteiger partial charge < -0.3 is 9.73 Å². The van der Waals surface area contributed by atoms with Gasteiger partial charge in [0.1, 0.15) is 5.58 Å². The zero-order valence-electron chi connectivity index (χ0n) is 16.8. The third kappa shape index (κ3) is 4.49. The molecule has 1 heterocycles. The number of rotatable bonds is 6. The molecule has 0 saturated carbocycles. The lowest BCUT2D eigenvalue weighted by atomic mass is 10.1. The van der Waals surface area contributed by atoms with Crippen molar-refractivity contribution in [1.29, 1.82) is 0 Å². The van der Waals surface area contributed by atoms with E-state index in [1.54, 1.807) is 0 Å². The van der Waals surface area contributed by atoms with Crippen molar-refractivity contribution in [3.05, 3.63) is 75.1 Å². The van der Waals surface area contributed by atoms with Gasteiger partial charge in [0.15, 0.2) is 0 Å². The van der Waals surface area contributed by atoms with E-state index in [4.69, 9.17) is 4.42 Å². The molecule has 5 nitrogen and oxygen atoms in total. The van der Waals surface area contributed by atoms with Crippen molar-refractivity contribution < 1.29 is 9.21 Å². The Balaban J connectivity index is 1.75. The fraction of sp³-hybridized carbons (Fsp3) is 0.304. The van der Waals surface area contributed by atoms with Crippen LogP contribution in [0.2, 0.25) is 0 Å². The van der Waals surface area contributed by atoms with Crippen molar-refractivity contribution in [1.82, 2.24) is 4.90 Å². The first-order valence-electron chi connectivity index (χ1n) is 9.47. The molecule has 0 atom stereocenters. The molecule has 0 aliphatic rings. The predicted molar refractivity (Wildman–Crippen MR) is 113 cm³/mol. The molecule has 0 aliphatic heterocycles. The molecule has 28 heavy (non-hydrogen) atoms. The van der Waals surface area contributed by atoms with Crippen LogP contribution in [0.3, 0.4) is 0 Å². The number of aryl methyl sites for hydroxylation is 3. The number of nitrogens with zero attached hydrogens (tertiary/aromatic N) is 1. The molecule has 3 rings (SSSR count). The summed E-state index contributed by atoms with van der Waals surface area (Å²) < 4.78 is 5.36. The SMILES string of the molecule is CCc1ccc2c(CN(C)CC(=O)Nc3c(C)cccc3C)cc(=O)oc2c1. The molecule has 1 amide bonds. The highest BCUT2D eigenvalue weighted by Crippen LogP contribution is 2.21. The summed E-state index contributed by atoms with van der Waals surface area (Å²) in [5.41, 5.74) is 5.13. The second-order valence-corrected chi connectivity index (χ2v) is 7.26. The van der Waals surface area contributed by atoms with Gasteiger partial charge in [-0.25, -0.2) is 4.79 Å². The van der Waals surface area contributed by atoms with Gasteiger partial charge in [-0.15, -0.1) is 0 Å². The van der Waals surface area contributed by atoms with Crippen LogP contribution in [-0.4, -0.2) is 24.4 Å². The highest BCUT2D eigenvalue weighted by atomic mass is 16.4. The highest BCUT2D eigenvalue weighted by Gasteiger charge is 2.13. The quantitative estimate of drug-likeness (QED) is 0.658. The molecular weight excluding hydrogens is 352 g/mol. The Morgan fingerprint density at radius 3 is 2.50 bits per heavy atom. The van der Waals surface area contributed by atoms with E-state index >= 15 is 0 Å². The summed E-state index contributed by atoms with van der Waals surface area (Å²) in [4.78, 5) is 26.4. The average molecular weight is 378 g/mol. The largest absolute Gasteiger partial charge is 0.423 e. The first-order chi connectivity index (χ1) is 13.4. The van der Waals surface area contributed by atoms with E-state index in [1.165, 1.54) is 6.07 Å². The molecular formula is C23H26N2O3. The van der Waals surface area contributed by atoms with Crippen molar-refractivity contribution >= 4 is 22.6 Å². The predicted octanol–water partition coefficient (Wildman–Crippen LogP) is 4.04. The van der Waals surface area contributed by atoms with E-state index in [-0.39, 0.29) is 18.1 Å². The molecule has 0 spiro atoms. The van der Waals surface area contributed by atoms with Crippen LogP contribution >= 0.6 is 0 Å². The number of benzene rings is 2. The minimum absolute atomic E-state index is 0.0829. The number of carbonyl (C=O) groups is 1. The Bertz CT molecular complexity index is 1050. The molecule has 0 aliphatic carbocycles. The summed E-state index contributed by atoms with van der Waals surface area (Å²) >= 11 is 0. The topological polar surface area (TPSA) is 62.6 Å². The van der Waals surface area contributed by atoms with Crippen molar-refractivity contribution in [2.75, 3.05) is 18.9 Å². The first-order valence-corrected chi connectivity index (χ1v) is 9.47. The smallest absolute Gasteiger partial charge is 0.336 e. The van der Waals surface area contributed by atoms with Crippen molar-refractivity contribution in [3.8, 4) is 0 Å². The third-order valence-electron chi connectivity index (χ3n) is 4.90. The lowest BCUT2D eigenvalue weighted by Gasteiger charge is -2.18. The number of hydrogen-bond donors (Lipinski definition) is 1. The van der Waals surface area contributed by atoms with Crippen LogP contribution < -0.4 is 10.9 Å². The summed E-state index contributed by atoms with van der Waals surface area (Å²) in [5.74, 6) is -0.0829. The van der Waals surface area contributed by atoms with Gasteiger partial charge in [0.2, 0.25) is 5.91 Å². The Kier molecular flexibility index (Phi) is 5.95. The average Bonchev–Trinajstić information content (AvgIpc) is 2.64. The van der Waals surface area contributed by atoms with E-state index in [1.807, 2.05) is 62.2 Å². The fourth-order valence-electron chi connectivity index (χ4n) is 3.41. The third-order valence-corrected chi connectivity index (χ3v) is 4.90. The van der Waals surface area contributed by atoms with Crippen molar-refractivity contribution in [2.45, 2.75) is 33.7 Å². The molecule has 0 bridgehead atoms.